The maximum atomic E-state index is 12.4. The molecule has 0 bridgehead atoms. The topological polar surface area (TPSA) is 92.2 Å². The lowest BCUT2D eigenvalue weighted by molar-refractivity contribution is -0.134. The standard InChI is InChI=1S/C25H31Cl2N3O5/c1-7-14(8-9-29(5)24(33)35-25(2,3)4)22-17-12-30(19(32)13-31)11-16(17)15-10-18(34-6)20(26)21(27)23(15)28-22/h8,10,31H,7,9,11-13H2,1-6H3/b14-8+. The molecule has 0 atom stereocenters. The molecule has 1 aromatic carbocycles. The molecule has 1 aliphatic rings. The molecular weight excluding hydrogens is 493 g/mol. The first-order chi connectivity index (χ1) is 16.4. The van der Waals surface area contributed by atoms with E-state index in [4.69, 9.17) is 37.7 Å². The number of aliphatic hydroxyl groups is 1. The molecule has 190 valence electrons. The van der Waals surface area contributed by atoms with E-state index in [9.17, 15) is 14.7 Å². The highest BCUT2D eigenvalue weighted by Gasteiger charge is 2.30. The number of benzene rings is 1. The zero-order chi connectivity index (χ0) is 26.1. The van der Waals surface area contributed by atoms with Gasteiger partial charge in [-0.15, -0.1) is 0 Å². The first-order valence-corrected chi connectivity index (χ1v) is 12.1. The number of methoxy groups -OCH3 is 1. The Bertz CT molecular complexity index is 1190. The fourth-order valence-electron chi connectivity index (χ4n) is 3.97. The summed E-state index contributed by atoms with van der Waals surface area (Å²) in [7, 11) is 3.17. The van der Waals surface area contributed by atoms with E-state index in [0.717, 1.165) is 22.1 Å². The first kappa shape index (κ1) is 27.0. The summed E-state index contributed by atoms with van der Waals surface area (Å²) < 4.78 is 10.8. The summed E-state index contributed by atoms with van der Waals surface area (Å²) in [5, 5.41) is 10.7. The zero-order valence-corrected chi connectivity index (χ0v) is 22.4. The van der Waals surface area contributed by atoms with Crippen molar-refractivity contribution in [2.75, 3.05) is 27.3 Å². The maximum Gasteiger partial charge on any atom is 0.410 e. The lowest BCUT2D eigenvalue weighted by Crippen LogP contribution is -2.34. The van der Waals surface area contributed by atoms with Crippen LogP contribution in [0.3, 0.4) is 0 Å². The molecule has 10 heteroatoms. The van der Waals surface area contributed by atoms with E-state index in [2.05, 4.69) is 0 Å². The van der Waals surface area contributed by atoms with Crippen molar-refractivity contribution in [1.82, 2.24) is 14.8 Å². The molecule has 0 aliphatic carbocycles. The molecule has 0 unspecified atom stereocenters. The maximum absolute atomic E-state index is 12.4. The second kappa shape index (κ2) is 10.6. The molecule has 3 rings (SSSR count). The SMILES string of the molecule is CC/C(=C\CN(C)C(=O)OC(C)(C)C)c1nc2c(Cl)c(Cl)c(OC)cc2c2c1CN(C(=O)CO)C2. The Balaban J connectivity index is 2.12. The second-order valence-electron chi connectivity index (χ2n) is 9.37. The van der Waals surface area contributed by atoms with E-state index >= 15 is 0 Å². The Morgan fingerprint density at radius 3 is 2.46 bits per heavy atom. The molecule has 0 spiro atoms. The summed E-state index contributed by atoms with van der Waals surface area (Å²) in [4.78, 5) is 32.7. The number of carbonyl (C=O) groups is 2. The zero-order valence-electron chi connectivity index (χ0n) is 20.9. The van der Waals surface area contributed by atoms with Crippen LogP contribution in [0, 0.1) is 0 Å². The van der Waals surface area contributed by atoms with Gasteiger partial charge in [-0.2, -0.15) is 0 Å². The molecule has 35 heavy (non-hydrogen) atoms. The molecule has 2 aromatic rings. The number of halogens is 2. The Morgan fingerprint density at radius 1 is 1.23 bits per heavy atom. The molecule has 2 amide bonds. The molecule has 0 saturated heterocycles. The highest BCUT2D eigenvalue weighted by Crippen LogP contribution is 2.43. The highest BCUT2D eigenvalue weighted by molar-refractivity contribution is 6.46. The van der Waals surface area contributed by atoms with Gasteiger partial charge in [0.1, 0.15) is 23.0 Å². The van der Waals surface area contributed by atoms with Crippen LogP contribution < -0.4 is 4.74 Å². The van der Waals surface area contributed by atoms with Gasteiger partial charge < -0.3 is 24.4 Å². The normalized spacial score (nSPS) is 13.7. The summed E-state index contributed by atoms with van der Waals surface area (Å²) in [6.45, 7) is 7.77. The number of ether oxygens (including phenoxy) is 2. The molecule has 0 fully saturated rings. The molecular formula is C25H31Cl2N3O5. The molecule has 0 saturated carbocycles. The van der Waals surface area contributed by atoms with Gasteiger partial charge in [-0.25, -0.2) is 9.78 Å². The quantitative estimate of drug-likeness (QED) is 0.569. The van der Waals surface area contributed by atoms with Crippen LogP contribution in [0.1, 0.15) is 50.9 Å². The smallest absolute Gasteiger partial charge is 0.410 e. The van der Waals surface area contributed by atoms with Crippen LogP contribution >= 0.6 is 23.2 Å². The van der Waals surface area contributed by atoms with Crippen molar-refractivity contribution >= 4 is 51.7 Å². The van der Waals surface area contributed by atoms with Gasteiger partial charge in [-0.05, 0) is 44.4 Å². The van der Waals surface area contributed by atoms with E-state index in [1.165, 1.54) is 12.0 Å². The van der Waals surface area contributed by atoms with Crippen molar-refractivity contribution in [1.29, 1.82) is 0 Å². The van der Waals surface area contributed by atoms with Gasteiger partial charge >= 0.3 is 6.09 Å². The Hall–Kier alpha value is -2.55. The van der Waals surface area contributed by atoms with Crippen LogP contribution in [0.15, 0.2) is 12.1 Å². The van der Waals surface area contributed by atoms with Crippen molar-refractivity contribution in [2.24, 2.45) is 0 Å². The van der Waals surface area contributed by atoms with Gasteiger partial charge in [0.2, 0.25) is 5.91 Å². The lowest BCUT2D eigenvalue weighted by atomic mass is 9.97. The predicted molar refractivity (Wildman–Crippen MR) is 137 cm³/mol. The number of hydrogen-bond acceptors (Lipinski definition) is 6. The fraction of sp³-hybridized carbons (Fsp3) is 0.480. The molecule has 1 aromatic heterocycles. The van der Waals surface area contributed by atoms with Crippen molar-refractivity contribution in [2.45, 2.75) is 52.8 Å². The molecule has 2 heterocycles. The summed E-state index contributed by atoms with van der Waals surface area (Å²) in [6, 6.07) is 1.78. The highest BCUT2D eigenvalue weighted by atomic mass is 35.5. The van der Waals surface area contributed by atoms with Gasteiger partial charge in [0.25, 0.3) is 0 Å². The number of aliphatic hydroxyl groups excluding tert-OH is 1. The van der Waals surface area contributed by atoms with Crippen LogP contribution in [0.5, 0.6) is 5.75 Å². The van der Waals surface area contributed by atoms with E-state index in [0.29, 0.717) is 43.0 Å². The van der Waals surface area contributed by atoms with Crippen LogP contribution in [0.2, 0.25) is 10.0 Å². The van der Waals surface area contributed by atoms with E-state index < -0.39 is 18.3 Å². The van der Waals surface area contributed by atoms with Crippen molar-refractivity contribution in [3.8, 4) is 5.75 Å². The fourth-order valence-corrected chi connectivity index (χ4v) is 4.42. The van der Waals surface area contributed by atoms with Crippen molar-refractivity contribution in [3.05, 3.63) is 39.0 Å². The number of amides is 2. The van der Waals surface area contributed by atoms with Gasteiger partial charge in [0.05, 0.1) is 23.3 Å². The van der Waals surface area contributed by atoms with Crippen LogP contribution in [0.4, 0.5) is 4.79 Å². The third kappa shape index (κ3) is 5.66. The number of pyridine rings is 1. The number of likely N-dealkylation sites (N-methyl/N-ethyl adjacent to an activating group) is 1. The Kier molecular flexibility index (Phi) is 8.19. The number of aromatic nitrogens is 1. The van der Waals surface area contributed by atoms with Crippen LogP contribution in [-0.2, 0) is 22.6 Å². The summed E-state index contributed by atoms with van der Waals surface area (Å²) in [5.41, 5.74) is 3.23. The summed E-state index contributed by atoms with van der Waals surface area (Å²) in [6.07, 6.45) is 2.12. The summed E-state index contributed by atoms with van der Waals surface area (Å²) in [5.74, 6) is 0.0390. The Morgan fingerprint density at radius 2 is 1.89 bits per heavy atom. The molecule has 0 radical (unpaired) electrons. The summed E-state index contributed by atoms with van der Waals surface area (Å²) >= 11 is 13.0. The van der Waals surface area contributed by atoms with Gasteiger partial charge in [-0.3, -0.25) is 4.79 Å². The number of rotatable bonds is 6. The van der Waals surface area contributed by atoms with E-state index in [1.54, 1.807) is 18.0 Å². The van der Waals surface area contributed by atoms with Crippen molar-refractivity contribution in [3.63, 3.8) is 0 Å². The minimum absolute atomic E-state index is 0.257. The largest absolute Gasteiger partial charge is 0.495 e. The van der Waals surface area contributed by atoms with Gasteiger partial charge in [0, 0.05) is 37.6 Å². The number of carbonyl (C=O) groups excluding carboxylic acids is 2. The number of nitrogens with zero attached hydrogens (tertiary/aromatic N) is 3. The third-order valence-corrected chi connectivity index (χ3v) is 6.59. The Labute approximate surface area is 215 Å². The van der Waals surface area contributed by atoms with Crippen molar-refractivity contribution < 1.29 is 24.2 Å². The number of fused-ring (bicyclic) bond motifs is 3. The molecule has 1 aliphatic heterocycles. The van der Waals surface area contributed by atoms with Gasteiger partial charge in [-0.1, -0.05) is 36.2 Å². The molecule has 1 N–H and O–H groups in total. The average molecular weight is 524 g/mol. The first-order valence-electron chi connectivity index (χ1n) is 11.3. The predicted octanol–water partition coefficient (Wildman–Crippen LogP) is 5.05. The van der Waals surface area contributed by atoms with E-state index in [1.807, 2.05) is 33.8 Å². The minimum atomic E-state index is -0.594. The lowest BCUT2D eigenvalue weighted by Gasteiger charge is -2.24. The van der Waals surface area contributed by atoms with Crippen LogP contribution in [0.25, 0.3) is 16.5 Å². The number of allylic oxidation sites excluding steroid dienone is 1. The number of hydrogen-bond donors (Lipinski definition) is 1. The van der Waals surface area contributed by atoms with Crippen LogP contribution in [-0.4, -0.2) is 64.8 Å². The van der Waals surface area contributed by atoms with E-state index in [-0.39, 0.29) is 16.0 Å². The minimum Gasteiger partial charge on any atom is -0.495 e. The van der Waals surface area contributed by atoms with Gasteiger partial charge in [0.15, 0.2) is 0 Å². The second-order valence-corrected chi connectivity index (χ2v) is 10.1. The third-order valence-electron chi connectivity index (χ3n) is 5.75. The average Bonchev–Trinajstić information content (AvgIpc) is 3.25. The monoisotopic (exact) mass is 523 g/mol. The molecule has 8 nitrogen and oxygen atoms in total.